The number of carbonyl (C=O) groups is 2. The van der Waals surface area contributed by atoms with Crippen LogP contribution in [0, 0.1) is 11.8 Å². The van der Waals surface area contributed by atoms with E-state index in [-0.39, 0.29) is 11.9 Å². The van der Waals surface area contributed by atoms with Crippen LogP contribution in [0.5, 0.6) is 0 Å². The molecule has 0 radical (unpaired) electrons. The van der Waals surface area contributed by atoms with Crippen LogP contribution >= 0.6 is 11.8 Å². The topological polar surface area (TPSA) is 59.1 Å². The van der Waals surface area contributed by atoms with Crippen LogP contribution in [-0.2, 0) is 19.1 Å². The molecule has 8 heteroatoms. The lowest BCUT2D eigenvalue weighted by Crippen LogP contribution is -2.41. The zero-order chi connectivity index (χ0) is 37.0. The maximum Gasteiger partial charge on any atom is 0.310 e. The van der Waals surface area contributed by atoms with Crippen LogP contribution in [-0.4, -0.2) is 90.1 Å². The van der Waals surface area contributed by atoms with Gasteiger partial charge in [-0.2, -0.15) is 0 Å². The van der Waals surface area contributed by atoms with Gasteiger partial charge in [-0.15, -0.1) is 11.8 Å². The molecule has 0 aliphatic heterocycles. The molecule has 0 saturated heterocycles. The summed E-state index contributed by atoms with van der Waals surface area (Å²) in [6, 6.07) is 1.26. The fourth-order valence-corrected chi connectivity index (χ4v) is 12.4. The van der Waals surface area contributed by atoms with Gasteiger partial charge >= 0.3 is 11.9 Å². The SMILES string of the molecule is CCCCCCCCOC(=O)[C@@H]1CC([Si](C)(C)CCCCCCCC)=C(SCCCCCCN(C)C)C[C@H]1C(=O)OCCCCCCN(C)C. The highest BCUT2D eigenvalue weighted by Gasteiger charge is 2.44. The molecule has 6 nitrogen and oxygen atoms in total. The molecule has 2 atom stereocenters. The molecule has 0 aromatic rings. The summed E-state index contributed by atoms with van der Waals surface area (Å²) < 4.78 is 11.9. The van der Waals surface area contributed by atoms with E-state index in [1.165, 1.54) is 106 Å². The summed E-state index contributed by atoms with van der Waals surface area (Å²) in [7, 11) is 6.72. The van der Waals surface area contributed by atoms with E-state index in [0.29, 0.717) is 26.1 Å². The van der Waals surface area contributed by atoms with Gasteiger partial charge in [0, 0.05) is 0 Å². The van der Waals surface area contributed by atoms with Crippen molar-refractivity contribution in [3.05, 3.63) is 10.1 Å². The first-order chi connectivity index (χ1) is 24.0. The van der Waals surface area contributed by atoms with Gasteiger partial charge in [0.1, 0.15) is 0 Å². The van der Waals surface area contributed by atoms with Crippen LogP contribution in [0.1, 0.15) is 155 Å². The quantitative estimate of drug-likeness (QED) is 0.0387. The van der Waals surface area contributed by atoms with Crippen molar-refractivity contribution in [1.82, 2.24) is 9.80 Å². The molecule has 0 aromatic heterocycles. The Morgan fingerprint density at radius 2 is 1.02 bits per heavy atom. The molecular weight excluding hydrogens is 657 g/mol. The summed E-state index contributed by atoms with van der Waals surface area (Å²) in [5, 5.41) is 1.54. The third kappa shape index (κ3) is 22.3. The van der Waals surface area contributed by atoms with Gasteiger partial charge in [-0.3, -0.25) is 9.59 Å². The van der Waals surface area contributed by atoms with Gasteiger partial charge in [0.25, 0.3) is 0 Å². The molecule has 1 rings (SSSR count). The minimum atomic E-state index is -1.80. The smallest absolute Gasteiger partial charge is 0.310 e. The van der Waals surface area contributed by atoms with E-state index in [9.17, 15) is 9.59 Å². The molecule has 0 unspecified atom stereocenters. The lowest BCUT2D eigenvalue weighted by Gasteiger charge is -2.38. The molecule has 294 valence electrons. The van der Waals surface area contributed by atoms with Gasteiger partial charge in [0.2, 0.25) is 0 Å². The minimum Gasteiger partial charge on any atom is -0.465 e. The Hall–Kier alpha value is -0.833. The summed E-state index contributed by atoms with van der Waals surface area (Å²) in [6.45, 7) is 12.7. The van der Waals surface area contributed by atoms with E-state index in [1.54, 1.807) is 0 Å². The van der Waals surface area contributed by atoms with Crippen molar-refractivity contribution in [1.29, 1.82) is 0 Å². The molecule has 0 amide bonds. The number of rotatable bonds is 32. The van der Waals surface area contributed by atoms with E-state index in [0.717, 1.165) is 57.4 Å². The van der Waals surface area contributed by atoms with Crippen molar-refractivity contribution >= 4 is 31.8 Å². The summed E-state index contributed by atoms with van der Waals surface area (Å²) in [5.41, 5.74) is 0. The van der Waals surface area contributed by atoms with E-state index >= 15 is 0 Å². The zero-order valence-corrected chi connectivity index (χ0v) is 36.2. The molecule has 0 aromatic carbocycles. The molecule has 0 heterocycles. The van der Waals surface area contributed by atoms with Crippen LogP contribution in [0.4, 0.5) is 0 Å². The van der Waals surface area contributed by atoms with Crippen molar-refractivity contribution < 1.29 is 19.1 Å². The Labute approximate surface area is 316 Å². The third-order valence-electron chi connectivity index (χ3n) is 10.5. The molecule has 0 N–H and O–H groups in total. The molecule has 1 aliphatic carbocycles. The highest BCUT2D eigenvalue weighted by atomic mass is 32.2. The lowest BCUT2D eigenvalue weighted by atomic mass is 9.82. The second-order valence-electron chi connectivity index (χ2n) is 16.3. The molecule has 0 bridgehead atoms. The van der Waals surface area contributed by atoms with Crippen molar-refractivity contribution in [2.45, 2.75) is 174 Å². The number of hydrogen-bond acceptors (Lipinski definition) is 7. The molecule has 1 aliphatic rings. The number of thioether (sulfide) groups is 1. The van der Waals surface area contributed by atoms with E-state index < -0.39 is 19.9 Å². The summed E-state index contributed by atoms with van der Waals surface area (Å²) in [4.78, 5) is 33.6. The summed E-state index contributed by atoms with van der Waals surface area (Å²) in [5.74, 6) is -0.133. The average Bonchev–Trinajstić information content (AvgIpc) is 3.07. The third-order valence-corrected chi connectivity index (χ3v) is 15.7. The largest absolute Gasteiger partial charge is 0.465 e. The van der Waals surface area contributed by atoms with Crippen LogP contribution in [0.3, 0.4) is 0 Å². The van der Waals surface area contributed by atoms with Crippen LogP contribution in [0.2, 0.25) is 19.1 Å². The predicted octanol–water partition coefficient (Wildman–Crippen LogP) is 11.3. The maximum absolute atomic E-state index is 13.8. The van der Waals surface area contributed by atoms with Gasteiger partial charge in [-0.1, -0.05) is 134 Å². The Morgan fingerprint density at radius 1 is 0.600 bits per heavy atom. The highest BCUT2D eigenvalue weighted by molar-refractivity contribution is 8.03. The zero-order valence-electron chi connectivity index (χ0n) is 34.4. The summed E-state index contributed by atoms with van der Waals surface area (Å²) >= 11 is 1.99. The normalized spacial score (nSPS) is 16.8. The van der Waals surface area contributed by atoms with Crippen molar-refractivity contribution in [3.63, 3.8) is 0 Å². The van der Waals surface area contributed by atoms with Crippen LogP contribution < -0.4 is 0 Å². The molecule has 0 fully saturated rings. The lowest BCUT2D eigenvalue weighted by molar-refractivity contribution is -0.161. The second-order valence-corrected chi connectivity index (χ2v) is 22.4. The Balaban J connectivity index is 3.08. The fourth-order valence-electron chi connectivity index (χ4n) is 7.14. The molecular formula is C42H82N2O4SSi. The van der Waals surface area contributed by atoms with E-state index in [1.807, 2.05) is 11.8 Å². The number of hydrogen-bond donors (Lipinski definition) is 0. The summed E-state index contributed by atoms with van der Waals surface area (Å²) in [6.07, 6.45) is 25.3. The number of esters is 2. The van der Waals surface area contributed by atoms with Crippen molar-refractivity contribution in [2.24, 2.45) is 11.8 Å². The predicted molar refractivity (Wildman–Crippen MR) is 221 cm³/mol. The number of carbonyl (C=O) groups excluding carboxylic acids is 2. The number of nitrogens with zero attached hydrogens (tertiary/aromatic N) is 2. The first-order valence-corrected chi connectivity index (χ1v) is 25.2. The monoisotopic (exact) mass is 739 g/mol. The van der Waals surface area contributed by atoms with Crippen molar-refractivity contribution in [2.75, 3.05) is 60.2 Å². The van der Waals surface area contributed by atoms with E-state index in [2.05, 4.69) is 64.9 Å². The van der Waals surface area contributed by atoms with Gasteiger partial charge in [-0.05, 0) is 96.9 Å². The maximum atomic E-state index is 13.8. The average molecular weight is 739 g/mol. The highest BCUT2D eigenvalue weighted by Crippen LogP contribution is 2.45. The molecule has 50 heavy (non-hydrogen) atoms. The standard InChI is InChI=1S/C42H82N2O4SSi/c1-9-11-13-15-19-25-31-48-42(46)38-36-40(50(7,8)34-28-22-16-14-12-10-2)39(49-33-27-21-18-24-30-44(5)6)35-37(38)41(45)47-32-26-20-17-23-29-43(3)4/h37-38H,9-36H2,1-8H3/t37-,38-/m1/s1. The Morgan fingerprint density at radius 3 is 1.52 bits per heavy atom. The van der Waals surface area contributed by atoms with Gasteiger partial charge in [0.05, 0.1) is 33.1 Å². The first kappa shape index (κ1) is 47.2. The van der Waals surface area contributed by atoms with Gasteiger partial charge in [-0.25, -0.2) is 0 Å². The van der Waals surface area contributed by atoms with Gasteiger partial charge < -0.3 is 19.3 Å². The number of allylic oxidation sites excluding steroid dienone is 2. The van der Waals surface area contributed by atoms with E-state index in [4.69, 9.17) is 9.47 Å². The minimum absolute atomic E-state index is 0.170. The number of ether oxygens (including phenoxy) is 2. The fraction of sp³-hybridized carbons (Fsp3) is 0.905. The van der Waals surface area contributed by atoms with Crippen LogP contribution in [0.25, 0.3) is 0 Å². The first-order valence-electron chi connectivity index (χ1n) is 21.0. The molecule has 0 spiro atoms. The van der Waals surface area contributed by atoms with Crippen LogP contribution in [0.15, 0.2) is 10.1 Å². The van der Waals surface area contributed by atoms with Crippen molar-refractivity contribution in [3.8, 4) is 0 Å². The number of unbranched alkanes of at least 4 members (excludes halogenated alkanes) is 16. The Kier molecular flexibility index (Phi) is 27.9. The Bertz CT molecular complexity index is 910. The van der Waals surface area contributed by atoms with Gasteiger partial charge in [0.15, 0.2) is 0 Å². The second kappa shape index (κ2) is 29.6. The molecule has 0 saturated carbocycles.